The molecule has 8 aromatic rings. The van der Waals surface area contributed by atoms with Crippen LogP contribution in [-0.4, -0.2) is 71.8 Å². The van der Waals surface area contributed by atoms with E-state index in [4.69, 9.17) is 18.9 Å². The molecule has 0 bridgehead atoms. The highest BCUT2D eigenvalue weighted by Gasteiger charge is 2.36. The molecule has 0 unspecified atom stereocenters. The SMILES string of the molecule is CC(C)Oc1cccc(NS(=O)(=O)c2ccc3c(c2)OCC[C@@H]3c2ccc(C(F)(F)F)cc2-c2ccnn2C)n1.CC(C)Oc1cccc(NS(=O)(=O)c2ccc3c(c2)OCC[C@H]3c2ccc(C(F)(F)F)cc2-c2ccnn2C)n1. The van der Waals surface area contributed by atoms with E-state index in [0.717, 1.165) is 24.3 Å². The average molecular weight is 1150 g/mol. The molecule has 0 amide bonds. The van der Waals surface area contributed by atoms with E-state index in [2.05, 4.69) is 29.6 Å². The first-order valence-electron chi connectivity index (χ1n) is 25.1. The molecule has 0 aliphatic carbocycles. The monoisotopic (exact) mass is 1140 g/mol. The number of anilines is 2. The van der Waals surface area contributed by atoms with E-state index in [1.54, 1.807) is 62.6 Å². The van der Waals surface area contributed by atoms with Gasteiger partial charge < -0.3 is 18.9 Å². The second-order valence-corrected chi connectivity index (χ2v) is 22.7. The average Bonchev–Trinajstić information content (AvgIpc) is 4.07. The summed E-state index contributed by atoms with van der Waals surface area (Å²) in [6.07, 6.45) is -5.22. The normalized spacial score (nSPS) is 15.4. The molecule has 2 N–H and O–H groups in total. The molecule has 24 heteroatoms. The topological polar surface area (TPSA) is 191 Å². The molecule has 2 atom stereocenters. The molecule has 4 aromatic heterocycles. The Kier molecular flexibility index (Phi) is 16.0. The molecule has 6 heterocycles. The lowest BCUT2D eigenvalue weighted by molar-refractivity contribution is -0.138. The fraction of sp³-hybridized carbons (Fsp3) is 0.286. The van der Waals surface area contributed by atoms with Crippen molar-refractivity contribution in [3.05, 3.63) is 167 Å². The molecule has 2 aliphatic rings. The minimum absolute atomic E-state index is 0.0387. The Balaban J connectivity index is 0.000000194. The number of nitrogens with zero attached hydrogens (tertiary/aromatic N) is 6. The van der Waals surface area contributed by atoms with Crippen LogP contribution in [0.1, 0.15) is 85.8 Å². The van der Waals surface area contributed by atoms with Crippen LogP contribution in [0.3, 0.4) is 0 Å². The minimum atomic E-state index is -4.51. The summed E-state index contributed by atoms with van der Waals surface area (Å²) in [4.78, 5) is 8.32. The lowest BCUT2D eigenvalue weighted by Gasteiger charge is -2.29. The summed E-state index contributed by atoms with van der Waals surface area (Å²) in [7, 11) is -4.72. The number of rotatable bonds is 14. The van der Waals surface area contributed by atoms with E-state index in [1.165, 1.54) is 70.3 Å². The molecular weight excluding hydrogens is 1090 g/mol. The van der Waals surface area contributed by atoms with E-state index in [-0.39, 0.29) is 70.4 Å². The Bertz CT molecular complexity index is 3550. The molecule has 16 nitrogen and oxygen atoms in total. The van der Waals surface area contributed by atoms with Crippen LogP contribution in [-0.2, 0) is 46.5 Å². The van der Waals surface area contributed by atoms with Gasteiger partial charge in [0.15, 0.2) is 0 Å². The van der Waals surface area contributed by atoms with Gasteiger partial charge in [-0.1, -0.05) is 36.4 Å². The van der Waals surface area contributed by atoms with Crippen LogP contribution in [0.15, 0.2) is 144 Å². The summed E-state index contributed by atoms with van der Waals surface area (Å²) in [5, 5.41) is 8.26. The zero-order chi connectivity index (χ0) is 57.3. The highest BCUT2D eigenvalue weighted by atomic mass is 32.2. The van der Waals surface area contributed by atoms with Crippen molar-refractivity contribution in [1.82, 2.24) is 29.5 Å². The quantitative estimate of drug-likeness (QED) is 0.0981. The molecule has 80 heavy (non-hydrogen) atoms. The molecule has 0 fully saturated rings. The maximum absolute atomic E-state index is 13.6. The second kappa shape index (κ2) is 22.6. The Hall–Kier alpha value is -8.12. The maximum atomic E-state index is 13.6. The second-order valence-electron chi connectivity index (χ2n) is 19.3. The molecule has 4 aromatic carbocycles. The number of nitrogens with one attached hydrogen (secondary N) is 2. The summed E-state index contributed by atoms with van der Waals surface area (Å²) >= 11 is 0. The number of benzene rings is 4. The molecule has 2 aliphatic heterocycles. The van der Waals surface area contributed by atoms with E-state index < -0.39 is 43.5 Å². The standard InChI is InChI=1S/2C28H27F3N4O4S/c2*1-17(2)39-27-6-4-5-26(33-27)34-40(36,37)19-8-10-22-21(12-14-38-25(22)16-19)20-9-7-18(28(29,30)31)15-23(20)24-11-13-32-35(24)3/h2*4-11,13,15-17,21H,12,14H2,1-3H3,(H,33,34)/t2*21-/m10/s1. The molecule has 0 radical (unpaired) electrons. The first-order valence-corrected chi connectivity index (χ1v) is 28.1. The number of aromatic nitrogens is 6. The Labute approximate surface area is 457 Å². The number of aryl methyl sites for hydroxylation is 2. The van der Waals surface area contributed by atoms with Gasteiger partial charge in [-0.3, -0.25) is 18.8 Å². The predicted molar refractivity (Wildman–Crippen MR) is 286 cm³/mol. The highest BCUT2D eigenvalue weighted by molar-refractivity contribution is 7.93. The van der Waals surface area contributed by atoms with Crippen molar-refractivity contribution in [2.45, 2.75) is 86.7 Å². The minimum Gasteiger partial charge on any atom is -0.493 e. The fourth-order valence-electron chi connectivity index (χ4n) is 9.46. The Morgan fingerprint density at radius 3 is 1.27 bits per heavy atom. The van der Waals surface area contributed by atoms with Crippen molar-refractivity contribution in [3.63, 3.8) is 0 Å². The van der Waals surface area contributed by atoms with Gasteiger partial charge in [0.25, 0.3) is 20.0 Å². The molecule has 0 saturated carbocycles. The first kappa shape index (κ1) is 56.6. The van der Waals surface area contributed by atoms with Gasteiger partial charge in [0.2, 0.25) is 11.8 Å². The van der Waals surface area contributed by atoms with Gasteiger partial charge in [0.05, 0.1) is 57.7 Å². The van der Waals surface area contributed by atoms with Gasteiger partial charge in [-0.15, -0.1) is 0 Å². The summed E-state index contributed by atoms with van der Waals surface area (Å²) in [6, 6.07) is 29.3. The van der Waals surface area contributed by atoms with Crippen LogP contribution in [0.4, 0.5) is 38.0 Å². The van der Waals surface area contributed by atoms with E-state index in [0.29, 0.717) is 69.1 Å². The third kappa shape index (κ3) is 12.7. The first-order chi connectivity index (χ1) is 37.8. The summed E-state index contributed by atoms with van der Waals surface area (Å²) < 4.78 is 165. The Morgan fingerprint density at radius 2 is 0.925 bits per heavy atom. The van der Waals surface area contributed by atoms with Crippen LogP contribution in [0.2, 0.25) is 0 Å². The number of halogens is 6. The van der Waals surface area contributed by atoms with Gasteiger partial charge in [-0.05, 0) is 112 Å². The van der Waals surface area contributed by atoms with Crippen LogP contribution in [0.25, 0.3) is 22.5 Å². The predicted octanol–water partition coefficient (Wildman–Crippen LogP) is 12.0. The number of hydrogen-bond donors (Lipinski definition) is 2. The molecular formula is C56H54F6N8O8S2. The zero-order valence-corrected chi connectivity index (χ0v) is 45.5. The third-order valence-corrected chi connectivity index (χ3v) is 15.7. The van der Waals surface area contributed by atoms with Gasteiger partial charge in [0, 0.05) is 84.8 Å². The number of pyridine rings is 2. The third-order valence-electron chi connectivity index (χ3n) is 13.0. The van der Waals surface area contributed by atoms with Crippen molar-refractivity contribution in [2.24, 2.45) is 14.1 Å². The van der Waals surface area contributed by atoms with Crippen molar-refractivity contribution in [2.75, 3.05) is 22.7 Å². The van der Waals surface area contributed by atoms with Crippen LogP contribution in [0.5, 0.6) is 23.3 Å². The zero-order valence-electron chi connectivity index (χ0n) is 43.9. The number of ether oxygens (including phenoxy) is 4. The number of alkyl halides is 6. The van der Waals surface area contributed by atoms with Gasteiger partial charge in [0.1, 0.15) is 23.1 Å². The summed E-state index contributed by atoms with van der Waals surface area (Å²) in [5.74, 6) is 0.805. The molecule has 10 rings (SSSR count). The van der Waals surface area contributed by atoms with Crippen LogP contribution >= 0.6 is 0 Å². The number of fused-ring (bicyclic) bond motifs is 2. The van der Waals surface area contributed by atoms with E-state index in [9.17, 15) is 43.2 Å². The van der Waals surface area contributed by atoms with Gasteiger partial charge in [-0.25, -0.2) is 16.8 Å². The van der Waals surface area contributed by atoms with Crippen LogP contribution in [0, 0.1) is 0 Å². The lowest BCUT2D eigenvalue weighted by Crippen LogP contribution is -2.19. The number of hydrogen-bond acceptors (Lipinski definition) is 12. The molecule has 0 spiro atoms. The Morgan fingerprint density at radius 1 is 0.537 bits per heavy atom. The smallest absolute Gasteiger partial charge is 0.416 e. The van der Waals surface area contributed by atoms with Gasteiger partial charge >= 0.3 is 12.4 Å². The van der Waals surface area contributed by atoms with Crippen molar-refractivity contribution < 1.29 is 62.1 Å². The highest BCUT2D eigenvalue weighted by Crippen LogP contribution is 2.46. The van der Waals surface area contributed by atoms with E-state index in [1.807, 2.05) is 27.7 Å². The number of sulfonamides is 2. The summed E-state index contributed by atoms with van der Waals surface area (Å²) in [5.41, 5.74) is 3.05. The van der Waals surface area contributed by atoms with E-state index >= 15 is 0 Å². The lowest BCUT2D eigenvalue weighted by atomic mass is 9.83. The summed E-state index contributed by atoms with van der Waals surface area (Å²) in [6.45, 7) is 7.87. The molecule has 420 valence electrons. The van der Waals surface area contributed by atoms with Crippen molar-refractivity contribution in [1.29, 1.82) is 0 Å². The maximum Gasteiger partial charge on any atom is 0.416 e. The van der Waals surface area contributed by atoms with Crippen molar-refractivity contribution >= 4 is 31.7 Å². The molecule has 0 saturated heterocycles. The van der Waals surface area contributed by atoms with Crippen molar-refractivity contribution in [3.8, 4) is 45.8 Å². The largest absolute Gasteiger partial charge is 0.493 e. The van der Waals surface area contributed by atoms with Gasteiger partial charge in [-0.2, -0.15) is 46.5 Å². The van der Waals surface area contributed by atoms with Crippen LogP contribution < -0.4 is 28.4 Å². The fourth-order valence-corrected chi connectivity index (χ4v) is 11.5.